The number of pyridine rings is 1. The molecule has 112 valence electrons. The number of fused-ring (bicyclic) bond motifs is 1. The molecule has 0 radical (unpaired) electrons. The van der Waals surface area contributed by atoms with Crippen molar-refractivity contribution in [3.63, 3.8) is 0 Å². The third-order valence-corrected chi connectivity index (χ3v) is 3.23. The summed E-state index contributed by atoms with van der Waals surface area (Å²) in [4.78, 5) is 16.7. The van der Waals surface area contributed by atoms with Gasteiger partial charge in [-0.15, -0.1) is 0 Å². The Bertz CT molecular complexity index is 793. The Labute approximate surface area is 129 Å². The van der Waals surface area contributed by atoms with Crippen molar-refractivity contribution >= 4 is 17.5 Å². The van der Waals surface area contributed by atoms with Crippen LogP contribution in [-0.4, -0.2) is 21.5 Å². The normalized spacial score (nSPS) is 10.9. The van der Waals surface area contributed by atoms with Crippen molar-refractivity contribution in [3.8, 4) is 11.3 Å². The minimum absolute atomic E-state index is 0.0689. The van der Waals surface area contributed by atoms with Crippen LogP contribution in [0.2, 0.25) is 0 Å². The molecule has 0 fully saturated rings. The first-order chi connectivity index (χ1) is 10.6. The second-order valence-electron chi connectivity index (χ2n) is 5.36. The first-order valence-electron chi connectivity index (χ1n) is 7.25. The first kappa shape index (κ1) is 14.1. The Kier molecular flexibility index (Phi) is 3.78. The Morgan fingerprint density at radius 3 is 2.55 bits per heavy atom. The van der Waals surface area contributed by atoms with E-state index in [1.165, 1.54) is 0 Å². The van der Waals surface area contributed by atoms with E-state index in [4.69, 9.17) is 0 Å². The van der Waals surface area contributed by atoms with Crippen LogP contribution < -0.4 is 10.6 Å². The van der Waals surface area contributed by atoms with E-state index in [1.807, 2.05) is 73.0 Å². The van der Waals surface area contributed by atoms with E-state index in [2.05, 4.69) is 15.6 Å². The van der Waals surface area contributed by atoms with Crippen molar-refractivity contribution < 1.29 is 4.79 Å². The number of carbonyl (C=O) groups excluding carboxylic acids is 1. The molecule has 0 aliphatic heterocycles. The number of urea groups is 1. The molecule has 0 unspecified atom stereocenters. The molecule has 5 nitrogen and oxygen atoms in total. The van der Waals surface area contributed by atoms with Crippen molar-refractivity contribution in [3.05, 3.63) is 54.7 Å². The molecule has 2 amide bonds. The molecule has 0 bridgehead atoms. The van der Waals surface area contributed by atoms with Gasteiger partial charge in [0.25, 0.3) is 0 Å². The predicted molar refractivity (Wildman–Crippen MR) is 87.9 cm³/mol. The Morgan fingerprint density at radius 2 is 1.82 bits per heavy atom. The highest BCUT2D eigenvalue weighted by Gasteiger charge is 2.16. The summed E-state index contributed by atoms with van der Waals surface area (Å²) in [5.41, 5.74) is 2.51. The number of benzene rings is 1. The number of amides is 2. The van der Waals surface area contributed by atoms with E-state index in [9.17, 15) is 4.79 Å². The van der Waals surface area contributed by atoms with Crippen LogP contribution in [0.4, 0.5) is 10.6 Å². The fourth-order valence-electron chi connectivity index (χ4n) is 2.32. The molecule has 0 spiro atoms. The van der Waals surface area contributed by atoms with Crippen molar-refractivity contribution in [2.24, 2.45) is 0 Å². The molecule has 0 saturated carbocycles. The molecule has 3 aromatic rings. The van der Waals surface area contributed by atoms with Gasteiger partial charge in [-0.3, -0.25) is 9.72 Å². The van der Waals surface area contributed by atoms with Crippen LogP contribution in [0.3, 0.4) is 0 Å². The number of imidazole rings is 1. The lowest BCUT2D eigenvalue weighted by molar-refractivity contribution is 0.250. The molecule has 2 aromatic heterocycles. The SMILES string of the molecule is CC(C)NC(=O)Nc1c(-c2ccccc2)nc2ccccn12. The van der Waals surface area contributed by atoms with Gasteiger partial charge in [0.05, 0.1) is 0 Å². The zero-order valence-corrected chi connectivity index (χ0v) is 12.6. The summed E-state index contributed by atoms with van der Waals surface area (Å²) in [7, 11) is 0. The summed E-state index contributed by atoms with van der Waals surface area (Å²) in [5.74, 6) is 0.667. The average Bonchev–Trinajstić information content (AvgIpc) is 2.86. The van der Waals surface area contributed by atoms with Gasteiger partial charge in [0.2, 0.25) is 0 Å². The van der Waals surface area contributed by atoms with Gasteiger partial charge in [-0.1, -0.05) is 36.4 Å². The molecule has 1 aromatic carbocycles. The Balaban J connectivity index is 2.08. The zero-order valence-electron chi connectivity index (χ0n) is 12.6. The lowest BCUT2D eigenvalue weighted by Gasteiger charge is -2.11. The van der Waals surface area contributed by atoms with E-state index in [0.717, 1.165) is 16.9 Å². The molecule has 5 heteroatoms. The topological polar surface area (TPSA) is 58.4 Å². The van der Waals surface area contributed by atoms with Crippen LogP contribution in [0.5, 0.6) is 0 Å². The van der Waals surface area contributed by atoms with Gasteiger partial charge >= 0.3 is 6.03 Å². The number of rotatable bonds is 3. The molecular weight excluding hydrogens is 276 g/mol. The van der Waals surface area contributed by atoms with Crippen LogP contribution in [-0.2, 0) is 0 Å². The van der Waals surface area contributed by atoms with Crippen LogP contribution >= 0.6 is 0 Å². The van der Waals surface area contributed by atoms with Crippen molar-refractivity contribution in [2.45, 2.75) is 19.9 Å². The summed E-state index contributed by atoms with van der Waals surface area (Å²) >= 11 is 0. The monoisotopic (exact) mass is 294 g/mol. The molecule has 0 atom stereocenters. The highest BCUT2D eigenvalue weighted by molar-refractivity contribution is 5.93. The highest BCUT2D eigenvalue weighted by Crippen LogP contribution is 2.28. The maximum absolute atomic E-state index is 12.1. The minimum atomic E-state index is -0.238. The zero-order chi connectivity index (χ0) is 15.5. The van der Waals surface area contributed by atoms with Gasteiger partial charge in [0, 0.05) is 17.8 Å². The first-order valence-corrected chi connectivity index (χ1v) is 7.25. The summed E-state index contributed by atoms with van der Waals surface area (Å²) in [6, 6.07) is 15.4. The number of nitrogens with zero attached hydrogens (tertiary/aromatic N) is 2. The largest absolute Gasteiger partial charge is 0.336 e. The molecule has 0 aliphatic rings. The fourth-order valence-corrected chi connectivity index (χ4v) is 2.32. The number of hydrogen-bond acceptors (Lipinski definition) is 2. The van der Waals surface area contributed by atoms with Crippen LogP contribution in [0.25, 0.3) is 16.9 Å². The Hall–Kier alpha value is -2.82. The lowest BCUT2D eigenvalue weighted by Crippen LogP contribution is -2.34. The van der Waals surface area contributed by atoms with E-state index in [1.54, 1.807) is 0 Å². The standard InChI is InChI=1S/C17H18N4O/c1-12(2)18-17(22)20-16-15(13-8-4-3-5-9-13)19-14-10-6-7-11-21(14)16/h3-12H,1-2H3,(H2,18,20,22). The maximum Gasteiger partial charge on any atom is 0.320 e. The molecule has 3 rings (SSSR count). The molecule has 0 saturated heterocycles. The van der Waals surface area contributed by atoms with Crippen LogP contribution in [0, 0.1) is 0 Å². The third-order valence-electron chi connectivity index (χ3n) is 3.23. The third kappa shape index (κ3) is 2.79. The summed E-state index contributed by atoms with van der Waals surface area (Å²) < 4.78 is 1.88. The van der Waals surface area contributed by atoms with Crippen LogP contribution in [0.1, 0.15) is 13.8 Å². The van der Waals surface area contributed by atoms with Crippen molar-refractivity contribution in [2.75, 3.05) is 5.32 Å². The second kappa shape index (κ2) is 5.89. The fraction of sp³-hybridized carbons (Fsp3) is 0.176. The van der Waals surface area contributed by atoms with Gasteiger partial charge in [0.1, 0.15) is 17.2 Å². The van der Waals surface area contributed by atoms with Gasteiger partial charge in [-0.25, -0.2) is 9.78 Å². The van der Waals surface area contributed by atoms with Crippen molar-refractivity contribution in [1.29, 1.82) is 0 Å². The quantitative estimate of drug-likeness (QED) is 0.776. The van der Waals surface area contributed by atoms with Crippen molar-refractivity contribution in [1.82, 2.24) is 14.7 Å². The molecule has 2 heterocycles. The Morgan fingerprint density at radius 1 is 1.09 bits per heavy atom. The molecule has 2 N–H and O–H groups in total. The number of carbonyl (C=O) groups is 1. The summed E-state index contributed by atoms with van der Waals surface area (Å²) in [5, 5.41) is 5.75. The summed E-state index contributed by atoms with van der Waals surface area (Å²) in [6.07, 6.45) is 1.89. The van der Waals surface area contributed by atoms with Gasteiger partial charge < -0.3 is 5.32 Å². The van der Waals surface area contributed by atoms with Gasteiger partial charge in [-0.05, 0) is 26.0 Å². The number of nitrogens with one attached hydrogen (secondary N) is 2. The number of hydrogen-bond donors (Lipinski definition) is 2. The van der Waals surface area contributed by atoms with E-state index < -0.39 is 0 Å². The average molecular weight is 294 g/mol. The van der Waals surface area contributed by atoms with Crippen LogP contribution in [0.15, 0.2) is 54.7 Å². The maximum atomic E-state index is 12.1. The van der Waals surface area contributed by atoms with E-state index in [-0.39, 0.29) is 12.1 Å². The molecule has 22 heavy (non-hydrogen) atoms. The minimum Gasteiger partial charge on any atom is -0.336 e. The second-order valence-corrected chi connectivity index (χ2v) is 5.36. The number of anilines is 1. The highest BCUT2D eigenvalue weighted by atomic mass is 16.2. The summed E-state index contributed by atoms with van der Waals surface area (Å²) in [6.45, 7) is 3.85. The molecule has 0 aliphatic carbocycles. The lowest BCUT2D eigenvalue weighted by atomic mass is 10.1. The van der Waals surface area contributed by atoms with Gasteiger partial charge in [0.15, 0.2) is 0 Å². The van der Waals surface area contributed by atoms with Gasteiger partial charge in [-0.2, -0.15) is 0 Å². The number of aromatic nitrogens is 2. The predicted octanol–water partition coefficient (Wildman–Crippen LogP) is 3.53. The smallest absolute Gasteiger partial charge is 0.320 e. The molecular formula is C17H18N4O. The van der Waals surface area contributed by atoms with E-state index >= 15 is 0 Å². The van der Waals surface area contributed by atoms with E-state index in [0.29, 0.717) is 5.82 Å².